The standard InChI is InChI=1S/C30H25Br2NO7/c1-16-13-22(34)27-23(35)14-24(39-29(36)17-3-7-19(31)8-4-17)26(28(27)38-16)21-11-12-33(2)15-25(21)40-30(37)18-5-9-20(32)10-6-18/h3-10,13-14,21,25,35H,11-12,15H2,1-2H3/t21-,25+/m1/s1. The number of phenolic OH excluding ortho intramolecular Hbond substituents is 1. The van der Waals surface area contributed by atoms with E-state index < -0.39 is 29.4 Å². The highest BCUT2D eigenvalue weighted by atomic mass is 79.9. The number of halogens is 2. The van der Waals surface area contributed by atoms with Crippen LogP contribution in [0.4, 0.5) is 0 Å². The summed E-state index contributed by atoms with van der Waals surface area (Å²) in [7, 11) is 1.92. The highest BCUT2D eigenvalue weighted by molar-refractivity contribution is 9.10. The summed E-state index contributed by atoms with van der Waals surface area (Å²) < 4.78 is 19.5. The van der Waals surface area contributed by atoms with Crippen molar-refractivity contribution >= 4 is 54.8 Å². The highest BCUT2D eigenvalue weighted by Gasteiger charge is 2.37. The number of hydrogen-bond acceptors (Lipinski definition) is 8. The van der Waals surface area contributed by atoms with Crippen LogP contribution in [0.3, 0.4) is 0 Å². The summed E-state index contributed by atoms with van der Waals surface area (Å²) in [6, 6.07) is 16.0. The summed E-state index contributed by atoms with van der Waals surface area (Å²) in [5.41, 5.74) is 0.735. The maximum absolute atomic E-state index is 13.2. The molecule has 8 nitrogen and oxygen atoms in total. The Hall–Kier alpha value is -3.47. The minimum atomic E-state index is -0.668. The molecule has 0 radical (unpaired) electrons. The van der Waals surface area contributed by atoms with Gasteiger partial charge in [-0.2, -0.15) is 0 Å². The Kier molecular flexibility index (Phi) is 8.11. The molecule has 4 aromatic rings. The van der Waals surface area contributed by atoms with Gasteiger partial charge in [0, 0.05) is 39.1 Å². The Bertz CT molecular complexity index is 1650. The van der Waals surface area contributed by atoms with Crippen molar-refractivity contribution < 1.29 is 28.6 Å². The first-order valence-electron chi connectivity index (χ1n) is 12.5. The first-order chi connectivity index (χ1) is 19.1. The third-order valence-electron chi connectivity index (χ3n) is 6.86. The van der Waals surface area contributed by atoms with Crippen molar-refractivity contribution in [2.24, 2.45) is 0 Å². The van der Waals surface area contributed by atoms with Gasteiger partial charge in [0.2, 0.25) is 0 Å². The smallest absolute Gasteiger partial charge is 0.343 e. The van der Waals surface area contributed by atoms with E-state index in [-0.39, 0.29) is 22.5 Å². The fraction of sp³-hybridized carbons (Fsp3) is 0.233. The van der Waals surface area contributed by atoms with Gasteiger partial charge >= 0.3 is 11.9 Å². The number of piperidine rings is 1. The van der Waals surface area contributed by atoms with E-state index in [9.17, 15) is 19.5 Å². The van der Waals surface area contributed by atoms with E-state index in [4.69, 9.17) is 13.9 Å². The Balaban J connectivity index is 1.62. The average molecular weight is 671 g/mol. The minimum absolute atomic E-state index is 0.0269. The molecule has 0 bridgehead atoms. The molecule has 0 amide bonds. The number of likely N-dealkylation sites (tertiary alicyclic amines) is 1. The maximum Gasteiger partial charge on any atom is 0.343 e. The molecule has 1 saturated heterocycles. The van der Waals surface area contributed by atoms with E-state index in [0.29, 0.717) is 42.0 Å². The van der Waals surface area contributed by atoms with Crippen LogP contribution in [0, 0.1) is 6.92 Å². The Morgan fingerprint density at radius 1 is 0.975 bits per heavy atom. The number of phenols is 1. The van der Waals surface area contributed by atoms with Crippen LogP contribution in [-0.4, -0.2) is 48.2 Å². The highest BCUT2D eigenvalue weighted by Crippen LogP contribution is 2.43. The number of carbonyl (C=O) groups excluding carboxylic acids is 2. The molecule has 1 aromatic heterocycles. The predicted molar refractivity (Wildman–Crippen MR) is 156 cm³/mol. The molecule has 206 valence electrons. The lowest BCUT2D eigenvalue weighted by atomic mass is 9.85. The van der Waals surface area contributed by atoms with Crippen LogP contribution in [0.15, 0.2) is 78.8 Å². The number of carbonyl (C=O) groups is 2. The zero-order valence-corrected chi connectivity index (χ0v) is 24.8. The molecule has 5 rings (SSSR count). The summed E-state index contributed by atoms with van der Waals surface area (Å²) in [4.78, 5) is 41.3. The first-order valence-corrected chi connectivity index (χ1v) is 14.1. The van der Waals surface area contributed by atoms with Crippen molar-refractivity contribution in [3.05, 3.63) is 102 Å². The van der Waals surface area contributed by atoms with Gasteiger partial charge in [-0.3, -0.25) is 4.79 Å². The molecule has 0 unspecified atom stereocenters. The zero-order valence-electron chi connectivity index (χ0n) is 21.6. The monoisotopic (exact) mass is 669 g/mol. The van der Waals surface area contributed by atoms with Gasteiger partial charge in [0.1, 0.15) is 34.3 Å². The predicted octanol–water partition coefficient (Wildman–Crippen LogP) is 6.20. The molecule has 1 aliphatic rings. The van der Waals surface area contributed by atoms with E-state index >= 15 is 0 Å². The number of nitrogens with zero attached hydrogens (tertiary/aromatic N) is 1. The number of hydrogen-bond donors (Lipinski definition) is 1. The van der Waals surface area contributed by atoms with E-state index in [1.54, 1.807) is 55.5 Å². The number of fused-ring (bicyclic) bond motifs is 1. The van der Waals surface area contributed by atoms with Crippen molar-refractivity contribution in [2.75, 3.05) is 20.1 Å². The van der Waals surface area contributed by atoms with E-state index in [1.165, 1.54) is 12.1 Å². The van der Waals surface area contributed by atoms with Crippen LogP contribution in [0.1, 0.15) is 44.4 Å². The molecule has 10 heteroatoms. The lowest BCUT2D eigenvalue weighted by Gasteiger charge is -2.37. The maximum atomic E-state index is 13.2. The second kappa shape index (κ2) is 11.6. The number of likely N-dealkylation sites (N-methyl/N-ethyl adjacent to an activating group) is 1. The molecule has 1 fully saturated rings. The molecule has 1 aliphatic heterocycles. The number of rotatable bonds is 5. The largest absolute Gasteiger partial charge is 0.507 e. The van der Waals surface area contributed by atoms with Crippen LogP contribution in [-0.2, 0) is 4.74 Å². The number of esters is 2. The van der Waals surface area contributed by atoms with Crippen LogP contribution < -0.4 is 10.2 Å². The van der Waals surface area contributed by atoms with Gasteiger partial charge in [-0.1, -0.05) is 31.9 Å². The first kappa shape index (κ1) is 28.1. The summed E-state index contributed by atoms with van der Waals surface area (Å²) in [6.07, 6.45) is -0.159. The van der Waals surface area contributed by atoms with Gasteiger partial charge in [-0.05, 0) is 75.5 Å². The topological polar surface area (TPSA) is 106 Å². The molecule has 40 heavy (non-hydrogen) atoms. The van der Waals surface area contributed by atoms with Gasteiger partial charge in [-0.25, -0.2) is 9.59 Å². The van der Waals surface area contributed by atoms with Gasteiger partial charge in [-0.15, -0.1) is 0 Å². The summed E-state index contributed by atoms with van der Waals surface area (Å²) >= 11 is 6.72. The number of ether oxygens (including phenoxy) is 2. The number of aromatic hydroxyl groups is 1. The Morgan fingerprint density at radius 3 is 2.20 bits per heavy atom. The molecule has 1 N–H and O–H groups in total. The summed E-state index contributed by atoms with van der Waals surface area (Å²) in [5, 5.41) is 10.8. The lowest BCUT2D eigenvalue weighted by molar-refractivity contribution is 0.00184. The SMILES string of the molecule is Cc1cc(=O)c2c(O)cc(OC(=O)c3ccc(Br)cc3)c([C@@H]3CCN(C)C[C@@H]3OC(=O)c3ccc(Br)cc3)c2o1. The van der Waals surface area contributed by atoms with Crippen molar-refractivity contribution in [1.82, 2.24) is 4.90 Å². The average Bonchev–Trinajstić information content (AvgIpc) is 2.90. The second-order valence-electron chi connectivity index (χ2n) is 9.74. The summed E-state index contributed by atoms with van der Waals surface area (Å²) in [5.74, 6) is -1.68. The quantitative estimate of drug-likeness (QED) is 0.198. The van der Waals surface area contributed by atoms with E-state index in [1.807, 2.05) is 11.9 Å². The number of aryl methyl sites for hydroxylation is 1. The normalized spacial score (nSPS) is 17.5. The van der Waals surface area contributed by atoms with Crippen molar-refractivity contribution in [3.8, 4) is 11.5 Å². The van der Waals surface area contributed by atoms with Crippen LogP contribution in [0.2, 0.25) is 0 Å². The zero-order chi connectivity index (χ0) is 28.6. The minimum Gasteiger partial charge on any atom is -0.507 e. The van der Waals surface area contributed by atoms with Crippen molar-refractivity contribution in [1.29, 1.82) is 0 Å². The van der Waals surface area contributed by atoms with Gasteiger partial charge < -0.3 is 23.9 Å². The molecule has 2 heterocycles. The van der Waals surface area contributed by atoms with E-state index in [2.05, 4.69) is 31.9 Å². The van der Waals surface area contributed by atoms with Gasteiger partial charge in [0.15, 0.2) is 5.43 Å². The fourth-order valence-corrected chi connectivity index (χ4v) is 5.45. The van der Waals surface area contributed by atoms with Crippen LogP contribution in [0.5, 0.6) is 11.5 Å². The molecule has 0 aliphatic carbocycles. The van der Waals surface area contributed by atoms with Gasteiger partial charge in [0.25, 0.3) is 0 Å². The third kappa shape index (κ3) is 5.84. The second-order valence-corrected chi connectivity index (χ2v) is 11.6. The van der Waals surface area contributed by atoms with Crippen LogP contribution >= 0.6 is 31.9 Å². The Morgan fingerprint density at radius 2 is 1.57 bits per heavy atom. The van der Waals surface area contributed by atoms with Crippen LogP contribution in [0.25, 0.3) is 11.0 Å². The van der Waals surface area contributed by atoms with Gasteiger partial charge in [0.05, 0.1) is 11.1 Å². The number of benzene rings is 3. The molecule has 0 saturated carbocycles. The summed E-state index contributed by atoms with van der Waals surface area (Å²) in [6.45, 7) is 2.67. The fourth-order valence-electron chi connectivity index (χ4n) is 4.92. The molecular weight excluding hydrogens is 646 g/mol. The molecule has 3 aromatic carbocycles. The van der Waals surface area contributed by atoms with Crippen molar-refractivity contribution in [2.45, 2.75) is 25.4 Å². The van der Waals surface area contributed by atoms with E-state index in [0.717, 1.165) is 8.95 Å². The lowest BCUT2D eigenvalue weighted by Crippen LogP contribution is -2.43. The third-order valence-corrected chi connectivity index (χ3v) is 7.92. The Labute approximate surface area is 246 Å². The molecule has 2 atom stereocenters. The molecule has 0 spiro atoms. The van der Waals surface area contributed by atoms with Crippen molar-refractivity contribution in [3.63, 3.8) is 0 Å². The molecular formula is C30H25Br2NO7.